The maximum atomic E-state index is 10.4. The standard InChI is InChI=1S/C12H12O4/c13-12(14)5-3-9-2-4-10-11(8-9)16-7-1-6-15-10/h2-5,8H,1,6-7H2,(H,13,14). The van der Waals surface area contributed by atoms with E-state index in [1.165, 1.54) is 6.08 Å². The number of ether oxygens (including phenoxy) is 2. The number of rotatable bonds is 2. The average molecular weight is 220 g/mol. The average Bonchev–Trinajstić information content (AvgIpc) is 2.50. The SMILES string of the molecule is O=C(O)C=Cc1ccc2c(c1)OCCCO2. The number of carboxylic acid groups (broad SMARTS) is 1. The van der Waals surface area contributed by atoms with Crippen molar-refractivity contribution in [2.45, 2.75) is 6.42 Å². The third-order valence-electron chi connectivity index (χ3n) is 2.19. The fourth-order valence-corrected chi connectivity index (χ4v) is 1.45. The zero-order valence-electron chi connectivity index (χ0n) is 8.68. The van der Waals surface area contributed by atoms with Crippen LogP contribution in [0.25, 0.3) is 6.08 Å². The van der Waals surface area contributed by atoms with Gasteiger partial charge in [0, 0.05) is 12.5 Å². The fraction of sp³-hybridized carbons (Fsp3) is 0.250. The normalized spacial score (nSPS) is 14.8. The molecule has 84 valence electrons. The van der Waals surface area contributed by atoms with Crippen molar-refractivity contribution in [1.82, 2.24) is 0 Å². The molecule has 0 unspecified atom stereocenters. The smallest absolute Gasteiger partial charge is 0.328 e. The lowest BCUT2D eigenvalue weighted by Crippen LogP contribution is -1.97. The van der Waals surface area contributed by atoms with Crippen LogP contribution in [0.1, 0.15) is 12.0 Å². The molecule has 1 aliphatic rings. The van der Waals surface area contributed by atoms with Gasteiger partial charge < -0.3 is 14.6 Å². The van der Waals surface area contributed by atoms with Gasteiger partial charge in [-0.25, -0.2) is 4.79 Å². The number of carboxylic acids is 1. The van der Waals surface area contributed by atoms with E-state index in [9.17, 15) is 4.79 Å². The minimum atomic E-state index is -0.966. The van der Waals surface area contributed by atoms with Gasteiger partial charge in [0.15, 0.2) is 11.5 Å². The fourth-order valence-electron chi connectivity index (χ4n) is 1.45. The predicted octanol–water partition coefficient (Wildman–Crippen LogP) is 1.95. The quantitative estimate of drug-likeness (QED) is 0.774. The van der Waals surface area contributed by atoms with Gasteiger partial charge >= 0.3 is 5.97 Å². The zero-order chi connectivity index (χ0) is 11.4. The van der Waals surface area contributed by atoms with Crippen molar-refractivity contribution in [2.24, 2.45) is 0 Å². The Kier molecular flexibility index (Phi) is 3.10. The minimum Gasteiger partial charge on any atom is -0.490 e. The van der Waals surface area contributed by atoms with Crippen LogP contribution in [0.5, 0.6) is 11.5 Å². The molecule has 0 amide bonds. The summed E-state index contributed by atoms with van der Waals surface area (Å²) in [5.74, 6) is 0.419. The number of benzene rings is 1. The number of aliphatic carboxylic acids is 1. The summed E-state index contributed by atoms with van der Waals surface area (Å²) < 4.78 is 11.0. The molecule has 0 spiro atoms. The summed E-state index contributed by atoms with van der Waals surface area (Å²) in [6.07, 6.45) is 3.48. The first kappa shape index (κ1) is 10.5. The molecule has 1 aromatic rings. The summed E-state index contributed by atoms with van der Waals surface area (Å²) in [5, 5.41) is 8.52. The largest absolute Gasteiger partial charge is 0.490 e. The molecule has 0 radical (unpaired) electrons. The second-order valence-electron chi connectivity index (χ2n) is 3.43. The second kappa shape index (κ2) is 4.70. The number of fused-ring (bicyclic) bond motifs is 1. The zero-order valence-corrected chi connectivity index (χ0v) is 8.68. The van der Waals surface area contributed by atoms with Gasteiger partial charge in [0.25, 0.3) is 0 Å². The lowest BCUT2D eigenvalue weighted by molar-refractivity contribution is -0.131. The topological polar surface area (TPSA) is 55.8 Å². The maximum absolute atomic E-state index is 10.4. The van der Waals surface area contributed by atoms with Crippen molar-refractivity contribution in [3.8, 4) is 11.5 Å². The van der Waals surface area contributed by atoms with E-state index in [2.05, 4.69) is 0 Å². The lowest BCUT2D eigenvalue weighted by atomic mass is 10.2. The molecule has 16 heavy (non-hydrogen) atoms. The van der Waals surface area contributed by atoms with Crippen LogP contribution >= 0.6 is 0 Å². The van der Waals surface area contributed by atoms with Crippen LogP contribution in [0.15, 0.2) is 24.3 Å². The summed E-state index contributed by atoms with van der Waals surface area (Å²) in [6, 6.07) is 5.37. The molecule has 1 heterocycles. The van der Waals surface area contributed by atoms with Crippen molar-refractivity contribution in [3.05, 3.63) is 29.8 Å². The van der Waals surface area contributed by atoms with Gasteiger partial charge in [-0.15, -0.1) is 0 Å². The molecule has 1 aliphatic heterocycles. The Labute approximate surface area is 93.1 Å². The molecule has 1 N–H and O–H groups in total. The van der Waals surface area contributed by atoms with Crippen molar-refractivity contribution in [2.75, 3.05) is 13.2 Å². The molecule has 0 fully saturated rings. The van der Waals surface area contributed by atoms with E-state index in [0.29, 0.717) is 24.7 Å². The van der Waals surface area contributed by atoms with Crippen LogP contribution in [0, 0.1) is 0 Å². The molecule has 1 aromatic carbocycles. The Morgan fingerprint density at radius 1 is 1.25 bits per heavy atom. The Balaban J connectivity index is 2.24. The third kappa shape index (κ3) is 2.53. The molecule has 0 atom stereocenters. The first-order valence-corrected chi connectivity index (χ1v) is 5.06. The van der Waals surface area contributed by atoms with Gasteiger partial charge in [-0.05, 0) is 23.8 Å². The highest BCUT2D eigenvalue weighted by Crippen LogP contribution is 2.30. The Hall–Kier alpha value is -1.97. The van der Waals surface area contributed by atoms with E-state index in [0.717, 1.165) is 18.1 Å². The highest BCUT2D eigenvalue weighted by atomic mass is 16.5. The first-order valence-electron chi connectivity index (χ1n) is 5.06. The second-order valence-corrected chi connectivity index (χ2v) is 3.43. The van der Waals surface area contributed by atoms with E-state index in [4.69, 9.17) is 14.6 Å². The highest BCUT2D eigenvalue weighted by Gasteiger charge is 2.09. The van der Waals surface area contributed by atoms with Gasteiger partial charge in [0.2, 0.25) is 0 Å². The molecular weight excluding hydrogens is 208 g/mol. The molecule has 0 aromatic heterocycles. The van der Waals surface area contributed by atoms with Gasteiger partial charge in [0.1, 0.15) is 0 Å². The number of hydrogen-bond donors (Lipinski definition) is 1. The van der Waals surface area contributed by atoms with Gasteiger partial charge in [-0.1, -0.05) is 6.07 Å². The molecule has 0 bridgehead atoms. The van der Waals surface area contributed by atoms with Gasteiger partial charge in [-0.3, -0.25) is 0 Å². The summed E-state index contributed by atoms with van der Waals surface area (Å²) in [4.78, 5) is 10.4. The Morgan fingerprint density at radius 3 is 2.75 bits per heavy atom. The minimum absolute atomic E-state index is 0.624. The molecule has 2 rings (SSSR count). The van der Waals surface area contributed by atoms with Crippen LogP contribution < -0.4 is 9.47 Å². The van der Waals surface area contributed by atoms with E-state index in [1.807, 2.05) is 0 Å². The van der Waals surface area contributed by atoms with Crippen LogP contribution in [0.3, 0.4) is 0 Å². The summed E-state index contributed by atoms with van der Waals surface area (Å²) >= 11 is 0. The van der Waals surface area contributed by atoms with Crippen molar-refractivity contribution < 1.29 is 19.4 Å². The molecule has 0 saturated heterocycles. The number of carbonyl (C=O) groups is 1. The maximum Gasteiger partial charge on any atom is 0.328 e. The van der Waals surface area contributed by atoms with E-state index in [1.54, 1.807) is 18.2 Å². The summed E-state index contributed by atoms with van der Waals surface area (Å²) in [5.41, 5.74) is 0.784. The Morgan fingerprint density at radius 2 is 2.00 bits per heavy atom. The molecule has 0 saturated carbocycles. The monoisotopic (exact) mass is 220 g/mol. The third-order valence-corrected chi connectivity index (χ3v) is 2.19. The lowest BCUT2D eigenvalue weighted by Gasteiger charge is -2.07. The van der Waals surface area contributed by atoms with Crippen LogP contribution in [0.4, 0.5) is 0 Å². The summed E-state index contributed by atoms with van der Waals surface area (Å²) in [6.45, 7) is 1.27. The van der Waals surface area contributed by atoms with Crippen molar-refractivity contribution in [3.63, 3.8) is 0 Å². The van der Waals surface area contributed by atoms with E-state index in [-0.39, 0.29) is 0 Å². The molecule has 4 heteroatoms. The summed E-state index contributed by atoms with van der Waals surface area (Å²) in [7, 11) is 0. The highest BCUT2D eigenvalue weighted by molar-refractivity contribution is 5.85. The molecular formula is C12H12O4. The van der Waals surface area contributed by atoms with Gasteiger partial charge in [0.05, 0.1) is 13.2 Å². The van der Waals surface area contributed by atoms with Gasteiger partial charge in [-0.2, -0.15) is 0 Å². The van der Waals surface area contributed by atoms with E-state index < -0.39 is 5.97 Å². The van der Waals surface area contributed by atoms with Crippen molar-refractivity contribution in [1.29, 1.82) is 0 Å². The number of hydrogen-bond acceptors (Lipinski definition) is 3. The molecule has 4 nitrogen and oxygen atoms in total. The predicted molar refractivity (Wildman–Crippen MR) is 58.7 cm³/mol. The van der Waals surface area contributed by atoms with E-state index >= 15 is 0 Å². The van der Waals surface area contributed by atoms with Crippen LogP contribution in [-0.4, -0.2) is 24.3 Å². The molecule has 0 aliphatic carbocycles. The first-order chi connectivity index (χ1) is 7.75. The Bertz CT molecular complexity index is 423. The van der Waals surface area contributed by atoms with Crippen LogP contribution in [0.2, 0.25) is 0 Å². The van der Waals surface area contributed by atoms with Crippen molar-refractivity contribution >= 4 is 12.0 Å². The van der Waals surface area contributed by atoms with Crippen LogP contribution in [-0.2, 0) is 4.79 Å².